The third-order valence-electron chi connectivity index (χ3n) is 1.91. The molecular formula is C10H14N2O2S2. The van der Waals surface area contributed by atoms with Crippen LogP contribution in [0.5, 0.6) is 0 Å². The predicted octanol–water partition coefficient (Wildman–Crippen LogP) is 2.25. The standard InChI is InChI=1S/C10H14N2O2S2/c1-6-8(10(13)14)9(12-7(2)11-6)16-5-4-15-3/h4-5H2,1-3H3,(H,13,14). The quantitative estimate of drug-likeness (QED) is 0.496. The maximum absolute atomic E-state index is 11.1. The number of rotatable bonds is 5. The lowest BCUT2D eigenvalue weighted by Gasteiger charge is -2.07. The number of carboxylic acid groups (broad SMARTS) is 1. The number of aryl methyl sites for hydroxylation is 2. The zero-order valence-electron chi connectivity index (χ0n) is 9.48. The zero-order chi connectivity index (χ0) is 12.1. The van der Waals surface area contributed by atoms with E-state index in [1.54, 1.807) is 25.6 Å². The molecule has 0 amide bonds. The van der Waals surface area contributed by atoms with E-state index in [0.717, 1.165) is 11.5 Å². The molecular weight excluding hydrogens is 244 g/mol. The van der Waals surface area contributed by atoms with Gasteiger partial charge in [0.2, 0.25) is 0 Å². The molecule has 0 fully saturated rings. The van der Waals surface area contributed by atoms with E-state index in [0.29, 0.717) is 16.5 Å². The average molecular weight is 258 g/mol. The minimum atomic E-state index is -0.954. The van der Waals surface area contributed by atoms with Crippen molar-refractivity contribution in [2.45, 2.75) is 18.9 Å². The Labute approximate surface area is 103 Å². The first-order valence-electron chi connectivity index (χ1n) is 4.76. The largest absolute Gasteiger partial charge is 0.478 e. The number of aromatic nitrogens is 2. The smallest absolute Gasteiger partial charge is 0.340 e. The Bertz CT molecular complexity index is 397. The van der Waals surface area contributed by atoms with Crippen LogP contribution in [0.15, 0.2) is 5.03 Å². The monoisotopic (exact) mass is 258 g/mol. The van der Waals surface area contributed by atoms with E-state index in [-0.39, 0.29) is 5.56 Å². The molecule has 88 valence electrons. The van der Waals surface area contributed by atoms with Gasteiger partial charge in [0.1, 0.15) is 16.4 Å². The molecule has 1 N–H and O–H groups in total. The third-order valence-corrected chi connectivity index (χ3v) is 3.76. The summed E-state index contributed by atoms with van der Waals surface area (Å²) in [6, 6.07) is 0. The fraction of sp³-hybridized carbons (Fsp3) is 0.500. The molecule has 0 saturated carbocycles. The molecule has 0 aromatic carbocycles. The van der Waals surface area contributed by atoms with Crippen LogP contribution in [0.25, 0.3) is 0 Å². The maximum atomic E-state index is 11.1. The van der Waals surface area contributed by atoms with Gasteiger partial charge in [0, 0.05) is 11.5 Å². The number of hydrogen-bond acceptors (Lipinski definition) is 5. The second-order valence-electron chi connectivity index (χ2n) is 3.18. The second kappa shape index (κ2) is 6.10. The van der Waals surface area contributed by atoms with Crippen LogP contribution in [0.1, 0.15) is 21.9 Å². The lowest BCUT2D eigenvalue weighted by Crippen LogP contribution is -2.08. The second-order valence-corrected chi connectivity index (χ2v) is 5.25. The topological polar surface area (TPSA) is 63.1 Å². The molecule has 0 aliphatic heterocycles. The molecule has 0 atom stereocenters. The van der Waals surface area contributed by atoms with E-state index in [9.17, 15) is 4.79 Å². The Morgan fingerprint density at radius 3 is 2.56 bits per heavy atom. The highest BCUT2D eigenvalue weighted by atomic mass is 32.2. The first-order valence-corrected chi connectivity index (χ1v) is 7.14. The summed E-state index contributed by atoms with van der Waals surface area (Å²) in [5.74, 6) is 1.50. The van der Waals surface area contributed by atoms with Gasteiger partial charge in [-0.2, -0.15) is 11.8 Å². The number of hydrogen-bond donors (Lipinski definition) is 1. The van der Waals surface area contributed by atoms with E-state index in [4.69, 9.17) is 5.11 Å². The van der Waals surface area contributed by atoms with Gasteiger partial charge in [-0.3, -0.25) is 0 Å². The summed E-state index contributed by atoms with van der Waals surface area (Å²) < 4.78 is 0. The lowest BCUT2D eigenvalue weighted by molar-refractivity contribution is 0.0690. The first-order chi connectivity index (χ1) is 7.56. The summed E-state index contributed by atoms with van der Waals surface area (Å²) in [6.45, 7) is 3.48. The summed E-state index contributed by atoms with van der Waals surface area (Å²) in [7, 11) is 0. The molecule has 0 spiro atoms. The van der Waals surface area contributed by atoms with Gasteiger partial charge in [0.15, 0.2) is 0 Å². The molecule has 0 radical (unpaired) electrons. The van der Waals surface area contributed by atoms with Crippen LogP contribution in [0.2, 0.25) is 0 Å². The van der Waals surface area contributed by atoms with Crippen LogP contribution in [0, 0.1) is 13.8 Å². The molecule has 0 saturated heterocycles. The van der Waals surface area contributed by atoms with Crippen molar-refractivity contribution in [3.05, 3.63) is 17.1 Å². The van der Waals surface area contributed by atoms with Crippen LogP contribution in [-0.4, -0.2) is 38.8 Å². The summed E-state index contributed by atoms with van der Waals surface area (Å²) in [5.41, 5.74) is 0.767. The summed E-state index contributed by atoms with van der Waals surface area (Å²) in [4.78, 5) is 19.4. The highest BCUT2D eigenvalue weighted by molar-refractivity contribution is 8.02. The Hall–Kier alpha value is -0.750. The van der Waals surface area contributed by atoms with Crippen molar-refractivity contribution in [2.24, 2.45) is 0 Å². The van der Waals surface area contributed by atoms with Gasteiger partial charge >= 0.3 is 5.97 Å². The van der Waals surface area contributed by atoms with Crippen molar-refractivity contribution in [3.63, 3.8) is 0 Å². The lowest BCUT2D eigenvalue weighted by atomic mass is 10.2. The van der Waals surface area contributed by atoms with E-state index < -0.39 is 5.97 Å². The highest BCUT2D eigenvalue weighted by Gasteiger charge is 2.16. The highest BCUT2D eigenvalue weighted by Crippen LogP contribution is 2.23. The van der Waals surface area contributed by atoms with Gasteiger partial charge < -0.3 is 5.11 Å². The molecule has 0 bridgehead atoms. The average Bonchev–Trinajstić information content (AvgIpc) is 2.16. The molecule has 6 heteroatoms. The Morgan fingerprint density at radius 1 is 1.31 bits per heavy atom. The maximum Gasteiger partial charge on any atom is 0.340 e. The Kier molecular flexibility index (Phi) is 5.08. The van der Waals surface area contributed by atoms with E-state index in [1.165, 1.54) is 11.8 Å². The molecule has 1 rings (SSSR count). The van der Waals surface area contributed by atoms with Gasteiger partial charge in [0.25, 0.3) is 0 Å². The molecule has 0 aliphatic carbocycles. The Balaban J connectivity index is 2.99. The summed E-state index contributed by atoms with van der Waals surface area (Å²) in [5, 5.41) is 9.67. The van der Waals surface area contributed by atoms with Gasteiger partial charge in [-0.05, 0) is 20.1 Å². The Morgan fingerprint density at radius 2 is 2.00 bits per heavy atom. The third kappa shape index (κ3) is 3.38. The van der Waals surface area contributed by atoms with E-state index in [1.807, 2.05) is 6.26 Å². The van der Waals surface area contributed by atoms with Gasteiger partial charge in [-0.1, -0.05) is 0 Å². The van der Waals surface area contributed by atoms with Crippen molar-refractivity contribution in [3.8, 4) is 0 Å². The van der Waals surface area contributed by atoms with Crippen molar-refractivity contribution in [1.82, 2.24) is 9.97 Å². The minimum Gasteiger partial charge on any atom is -0.478 e. The normalized spacial score (nSPS) is 10.4. The first kappa shape index (κ1) is 13.3. The van der Waals surface area contributed by atoms with Crippen molar-refractivity contribution in [1.29, 1.82) is 0 Å². The SMILES string of the molecule is CSCCSc1nc(C)nc(C)c1C(=O)O. The summed E-state index contributed by atoms with van der Waals surface area (Å²) >= 11 is 3.21. The van der Waals surface area contributed by atoms with Gasteiger partial charge in [-0.15, -0.1) is 11.8 Å². The number of carboxylic acids is 1. The van der Waals surface area contributed by atoms with Crippen LogP contribution >= 0.6 is 23.5 Å². The van der Waals surface area contributed by atoms with Crippen molar-refractivity contribution < 1.29 is 9.90 Å². The van der Waals surface area contributed by atoms with Crippen molar-refractivity contribution in [2.75, 3.05) is 17.8 Å². The predicted molar refractivity (Wildman–Crippen MR) is 67.6 cm³/mol. The molecule has 1 heterocycles. The summed E-state index contributed by atoms with van der Waals surface area (Å²) in [6.07, 6.45) is 2.02. The van der Waals surface area contributed by atoms with Crippen LogP contribution in [-0.2, 0) is 0 Å². The van der Waals surface area contributed by atoms with Gasteiger partial charge in [0.05, 0.1) is 5.69 Å². The van der Waals surface area contributed by atoms with E-state index >= 15 is 0 Å². The minimum absolute atomic E-state index is 0.233. The molecule has 16 heavy (non-hydrogen) atoms. The molecule has 0 aliphatic rings. The molecule has 1 aromatic rings. The zero-order valence-corrected chi connectivity index (χ0v) is 11.1. The fourth-order valence-corrected chi connectivity index (χ4v) is 3.02. The number of nitrogens with zero attached hydrogens (tertiary/aromatic N) is 2. The van der Waals surface area contributed by atoms with Gasteiger partial charge in [-0.25, -0.2) is 14.8 Å². The number of carbonyl (C=O) groups is 1. The van der Waals surface area contributed by atoms with Crippen LogP contribution < -0.4 is 0 Å². The van der Waals surface area contributed by atoms with E-state index in [2.05, 4.69) is 9.97 Å². The van der Waals surface area contributed by atoms with Crippen LogP contribution in [0.3, 0.4) is 0 Å². The molecule has 1 aromatic heterocycles. The number of aromatic carboxylic acids is 1. The van der Waals surface area contributed by atoms with Crippen LogP contribution in [0.4, 0.5) is 0 Å². The fourth-order valence-electron chi connectivity index (χ4n) is 1.25. The molecule has 4 nitrogen and oxygen atoms in total. The number of thioether (sulfide) groups is 2. The van der Waals surface area contributed by atoms with Crippen molar-refractivity contribution >= 4 is 29.5 Å². The molecule has 0 unspecified atom stereocenters.